The molecule has 1 rings (SSSR count). The summed E-state index contributed by atoms with van der Waals surface area (Å²) >= 11 is 0. The third-order valence-corrected chi connectivity index (χ3v) is 2.11. The highest BCUT2D eigenvalue weighted by Crippen LogP contribution is 2.25. The predicted molar refractivity (Wildman–Crippen MR) is 45.9 cm³/mol. The van der Waals surface area contributed by atoms with Crippen LogP contribution in [0.1, 0.15) is 32.1 Å². The second kappa shape index (κ2) is 4.32. The fraction of sp³-hybridized carbons (Fsp3) is 0.600. The van der Waals surface area contributed by atoms with Gasteiger partial charge in [-0.05, 0) is 25.2 Å². The molecule has 0 bridgehead atoms. The zero-order valence-electron chi connectivity index (χ0n) is 6.55. The molecule has 0 spiro atoms. The molecule has 0 radical (unpaired) electrons. The first-order valence-electron chi connectivity index (χ1n) is 4.21. The number of rotatable bonds is 3. The van der Waals surface area contributed by atoms with Crippen LogP contribution < -0.4 is 0 Å². The second-order valence-corrected chi connectivity index (χ2v) is 3.00. The summed E-state index contributed by atoms with van der Waals surface area (Å²) in [5, 5.41) is 0. The molecule has 1 fully saturated rings. The van der Waals surface area contributed by atoms with Gasteiger partial charge in [-0.25, -0.2) is 0 Å². The third-order valence-electron chi connectivity index (χ3n) is 2.11. The van der Waals surface area contributed by atoms with E-state index in [2.05, 4.69) is 18.7 Å². The van der Waals surface area contributed by atoms with Crippen LogP contribution in [0.5, 0.6) is 0 Å². The molecule has 1 aliphatic rings. The summed E-state index contributed by atoms with van der Waals surface area (Å²) in [5.41, 5.74) is 0. The van der Waals surface area contributed by atoms with Crippen molar-refractivity contribution < 1.29 is 0 Å². The maximum atomic E-state index is 3.67. The molecule has 0 aromatic rings. The van der Waals surface area contributed by atoms with Gasteiger partial charge in [0.15, 0.2) is 0 Å². The first-order chi connectivity index (χ1) is 4.93. The van der Waals surface area contributed by atoms with Crippen LogP contribution in [0, 0.1) is 5.92 Å². The molecule has 1 aliphatic carbocycles. The van der Waals surface area contributed by atoms with Gasteiger partial charge in [-0.2, -0.15) is 0 Å². The minimum Gasteiger partial charge on any atom is -0.103 e. The van der Waals surface area contributed by atoms with Crippen LogP contribution >= 0.6 is 0 Å². The molecule has 0 aliphatic heterocycles. The van der Waals surface area contributed by atoms with Crippen LogP contribution in [0.3, 0.4) is 0 Å². The molecule has 0 heterocycles. The van der Waals surface area contributed by atoms with Gasteiger partial charge in [0.05, 0.1) is 0 Å². The Morgan fingerprint density at radius 1 is 1.30 bits per heavy atom. The van der Waals surface area contributed by atoms with E-state index in [1.807, 2.05) is 6.08 Å². The molecule has 0 nitrogen and oxygen atoms in total. The van der Waals surface area contributed by atoms with Gasteiger partial charge in [0.2, 0.25) is 0 Å². The lowest BCUT2D eigenvalue weighted by Crippen LogP contribution is -1.84. The lowest BCUT2D eigenvalue weighted by Gasteiger charge is -1.97. The largest absolute Gasteiger partial charge is 0.103 e. The van der Waals surface area contributed by atoms with E-state index >= 15 is 0 Å². The van der Waals surface area contributed by atoms with E-state index < -0.39 is 0 Å². The molecule has 1 saturated carbocycles. The summed E-state index contributed by atoms with van der Waals surface area (Å²) in [6.07, 6.45) is 13.3. The highest BCUT2D eigenvalue weighted by molar-refractivity contribution is 4.94. The Morgan fingerprint density at radius 3 is 2.60 bits per heavy atom. The van der Waals surface area contributed by atoms with Crippen molar-refractivity contribution in [1.29, 1.82) is 0 Å². The molecule has 56 valence electrons. The molecule has 0 aromatic carbocycles. The standard InChI is InChI=1S/C10H16/c1-2-3-4-7-10-8-5-6-9-10/h2,4,7,10H,1,3,5-6,8-9H2. The van der Waals surface area contributed by atoms with Crippen molar-refractivity contribution in [2.75, 3.05) is 0 Å². The summed E-state index contributed by atoms with van der Waals surface area (Å²) in [4.78, 5) is 0. The van der Waals surface area contributed by atoms with Crippen LogP contribution in [-0.4, -0.2) is 0 Å². The predicted octanol–water partition coefficient (Wildman–Crippen LogP) is 3.31. The van der Waals surface area contributed by atoms with Crippen LogP contribution in [0.4, 0.5) is 0 Å². The Bertz CT molecular complexity index is 116. The number of hydrogen-bond donors (Lipinski definition) is 0. The maximum Gasteiger partial charge on any atom is -0.0172 e. The highest BCUT2D eigenvalue weighted by Gasteiger charge is 2.10. The number of allylic oxidation sites excluding steroid dienone is 3. The Balaban J connectivity index is 2.16. The van der Waals surface area contributed by atoms with Crippen molar-refractivity contribution in [3.05, 3.63) is 24.8 Å². The summed E-state index contributed by atoms with van der Waals surface area (Å²) in [7, 11) is 0. The lowest BCUT2D eigenvalue weighted by atomic mass is 10.1. The molecule has 0 N–H and O–H groups in total. The van der Waals surface area contributed by atoms with E-state index in [1.54, 1.807) is 0 Å². The maximum absolute atomic E-state index is 3.67. The lowest BCUT2D eigenvalue weighted by molar-refractivity contribution is 0.684. The van der Waals surface area contributed by atoms with E-state index in [4.69, 9.17) is 0 Å². The van der Waals surface area contributed by atoms with Gasteiger partial charge in [-0.15, -0.1) is 6.58 Å². The Hall–Kier alpha value is -0.520. The quantitative estimate of drug-likeness (QED) is 0.522. The van der Waals surface area contributed by atoms with E-state index in [-0.39, 0.29) is 0 Å². The van der Waals surface area contributed by atoms with Crippen molar-refractivity contribution in [1.82, 2.24) is 0 Å². The Kier molecular flexibility index (Phi) is 3.28. The second-order valence-electron chi connectivity index (χ2n) is 3.00. The molecular formula is C10H16. The fourth-order valence-corrected chi connectivity index (χ4v) is 1.52. The van der Waals surface area contributed by atoms with Crippen LogP contribution in [0.2, 0.25) is 0 Å². The molecule has 0 saturated heterocycles. The molecule has 0 unspecified atom stereocenters. The normalized spacial score (nSPS) is 20.4. The molecular weight excluding hydrogens is 120 g/mol. The molecule has 10 heavy (non-hydrogen) atoms. The fourth-order valence-electron chi connectivity index (χ4n) is 1.52. The molecule has 0 atom stereocenters. The topological polar surface area (TPSA) is 0 Å². The van der Waals surface area contributed by atoms with Gasteiger partial charge in [0, 0.05) is 0 Å². The van der Waals surface area contributed by atoms with Crippen LogP contribution in [0.25, 0.3) is 0 Å². The Labute approximate surface area is 63.6 Å². The average Bonchev–Trinajstić information content (AvgIpc) is 2.41. The van der Waals surface area contributed by atoms with Gasteiger partial charge in [0.25, 0.3) is 0 Å². The first-order valence-corrected chi connectivity index (χ1v) is 4.21. The van der Waals surface area contributed by atoms with Gasteiger partial charge >= 0.3 is 0 Å². The summed E-state index contributed by atoms with van der Waals surface area (Å²) in [5.74, 6) is 0.889. The van der Waals surface area contributed by atoms with Crippen molar-refractivity contribution in [3.63, 3.8) is 0 Å². The number of hydrogen-bond acceptors (Lipinski definition) is 0. The summed E-state index contributed by atoms with van der Waals surface area (Å²) in [6, 6.07) is 0. The average molecular weight is 136 g/mol. The minimum absolute atomic E-state index is 0.889. The van der Waals surface area contributed by atoms with Crippen LogP contribution in [0.15, 0.2) is 24.8 Å². The van der Waals surface area contributed by atoms with E-state index in [9.17, 15) is 0 Å². The van der Waals surface area contributed by atoms with Crippen LogP contribution in [-0.2, 0) is 0 Å². The van der Waals surface area contributed by atoms with E-state index in [1.165, 1.54) is 25.7 Å². The van der Waals surface area contributed by atoms with Gasteiger partial charge in [-0.3, -0.25) is 0 Å². The van der Waals surface area contributed by atoms with E-state index in [0.717, 1.165) is 12.3 Å². The monoisotopic (exact) mass is 136 g/mol. The van der Waals surface area contributed by atoms with Gasteiger partial charge in [-0.1, -0.05) is 31.1 Å². The SMILES string of the molecule is C=CCC=CC1CCCC1. The zero-order valence-corrected chi connectivity index (χ0v) is 6.55. The van der Waals surface area contributed by atoms with Gasteiger partial charge in [0.1, 0.15) is 0 Å². The molecule has 0 aromatic heterocycles. The summed E-state index contributed by atoms with van der Waals surface area (Å²) in [6.45, 7) is 3.67. The molecule has 0 amide bonds. The first kappa shape index (κ1) is 7.59. The Morgan fingerprint density at radius 2 is 2.00 bits per heavy atom. The van der Waals surface area contributed by atoms with Crippen molar-refractivity contribution in [2.24, 2.45) is 5.92 Å². The van der Waals surface area contributed by atoms with Crippen molar-refractivity contribution in [3.8, 4) is 0 Å². The minimum atomic E-state index is 0.889. The summed E-state index contributed by atoms with van der Waals surface area (Å²) < 4.78 is 0. The third kappa shape index (κ3) is 2.38. The van der Waals surface area contributed by atoms with Crippen molar-refractivity contribution >= 4 is 0 Å². The highest BCUT2D eigenvalue weighted by atomic mass is 14.2. The van der Waals surface area contributed by atoms with Gasteiger partial charge < -0.3 is 0 Å². The smallest absolute Gasteiger partial charge is 0.0172 e. The van der Waals surface area contributed by atoms with Crippen molar-refractivity contribution in [2.45, 2.75) is 32.1 Å². The zero-order chi connectivity index (χ0) is 7.23. The van der Waals surface area contributed by atoms with E-state index in [0.29, 0.717) is 0 Å². The molecule has 0 heteroatoms.